The van der Waals surface area contributed by atoms with Gasteiger partial charge in [0.15, 0.2) is 5.78 Å². The second-order valence-corrected chi connectivity index (χ2v) is 8.86. The number of nitrogens with zero attached hydrogens (tertiary/aromatic N) is 3. The molecule has 160 valence electrons. The van der Waals surface area contributed by atoms with Gasteiger partial charge in [-0.3, -0.25) is 15.0 Å². The van der Waals surface area contributed by atoms with Gasteiger partial charge in [-0.05, 0) is 11.8 Å². The number of hydrogen-bond acceptors (Lipinski definition) is 6. The molecule has 0 spiro atoms. The molecule has 0 saturated heterocycles. The van der Waals surface area contributed by atoms with Gasteiger partial charge in [-0.2, -0.15) is 4.68 Å². The molecule has 1 N–H and O–H groups in total. The lowest BCUT2D eigenvalue weighted by Gasteiger charge is -2.19. The number of carbonyl (C=O) groups is 1. The highest BCUT2D eigenvalue weighted by Gasteiger charge is 2.23. The third-order valence-corrected chi connectivity index (χ3v) is 5.29. The van der Waals surface area contributed by atoms with Crippen molar-refractivity contribution in [2.75, 3.05) is 11.7 Å². The first-order valence-corrected chi connectivity index (χ1v) is 11.2. The van der Waals surface area contributed by atoms with Crippen LogP contribution in [0.5, 0.6) is 0 Å². The second-order valence-electron chi connectivity index (χ2n) is 8.08. The molecular formula is C24H26N4O2S. The minimum Gasteiger partial charge on any atom is -0.296 e. The first-order valence-electron chi connectivity index (χ1n) is 9.94. The number of benzene rings is 2. The van der Waals surface area contributed by atoms with E-state index in [2.05, 4.69) is 15.6 Å². The van der Waals surface area contributed by atoms with E-state index in [-0.39, 0.29) is 11.3 Å². The van der Waals surface area contributed by atoms with E-state index in [4.69, 9.17) is 0 Å². The summed E-state index contributed by atoms with van der Waals surface area (Å²) in [5, 5.41) is 8.73. The molecule has 0 aliphatic heterocycles. The van der Waals surface area contributed by atoms with Gasteiger partial charge in [-0.1, -0.05) is 93.2 Å². The standard InChI is InChI=1S/C24H26N4O2S/c1-24(2,3)21-22(30)28(23(31-4)27-26-21)25-16-19(15-17-11-7-5-8-12-17)20(29)18-13-9-6-10-14-18/h5-14,16,25H,15H2,1-4H3. The Morgan fingerprint density at radius 3 is 2.23 bits per heavy atom. The van der Waals surface area contributed by atoms with Crippen molar-refractivity contribution in [3.63, 3.8) is 0 Å². The topological polar surface area (TPSA) is 76.9 Å². The molecule has 0 saturated carbocycles. The predicted octanol–water partition coefficient (Wildman–Crippen LogP) is 4.21. The highest BCUT2D eigenvalue weighted by molar-refractivity contribution is 7.98. The lowest BCUT2D eigenvalue weighted by Crippen LogP contribution is -2.37. The van der Waals surface area contributed by atoms with Crippen LogP contribution >= 0.6 is 11.8 Å². The summed E-state index contributed by atoms with van der Waals surface area (Å²) in [6.45, 7) is 5.74. The fourth-order valence-corrected chi connectivity index (χ4v) is 3.46. The number of hydrogen-bond donors (Lipinski definition) is 1. The maximum absolute atomic E-state index is 13.2. The molecule has 1 aromatic heterocycles. The lowest BCUT2D eigenvalue weighted by atomic mass is 9.93. The average Bonchev–Trinajstić information content (AvgIpc) is 2.77. The van der Waals surface area contributed by atoms with Crippen LogP contribution in [-0.4, -0.2) is 26.9 Å². The Labute approximate surface area is 186 Å². The number of aromatic nitrogens is 3. The molecule has 7 heteroatoms. The van der Waals surface area contributed by atoms with Crippen LogP contribution in [0.1, 0.15) is 42.4 Å². The maximum atomic E-state index is 13.2. The quantitative estimate of drug-likeness (QED) is 0.341. The molecular weight excluding hydrogens is 408 g/mol. The molecule has 1 heterocycles. The summed E-state index contributed by atoms with van der Waals surface area (Å²) < 4.78 is 1.35. The van der Waals surface area contributed by atoms with Crippen molar-refractivity contribution in [3.05, 3.63) is 99.6 Å². The van der Waals surface area contributed by atoms with Crippen molar-refractivity contribution in [2.45, 2.75) is 37.8 Å². The van der Waals surface area contributed by atoms with Gasteiger partial charge in [-0.25, -0.2) is 0 Å². The van der Waals surface area contributed by atoms with Crippen LogP contribution in [0.3, 0.4) is 0 Å². The first kappa shape index (κ1) is 22.5. The molecule has 6 nitrogen and oxygen atoms in total. The van der Waals surface area contributed by atoms with E-state index in [1.807, 2.05) is 75.6 Å². The summed E-state index contributed by atoms with van der Waals surface area (Å²) in [6.07, 6.45) is 3.84. The normalized spacial score (nSPS) is 11.9. The molecule has 31 heavy (non-hydrogen) atoms. The average molecular weight is 435 g/mol. The molecule has 0 amide bonds. The highest BCUT2D eigenvalue weighted by atomic mass is 32.2. The summed E-state index contributed by atoms with van der Waals surface area (Å²) in [4.78, 5) is 26.3. The van der Waals surface area contributed by atoms with E-state index in [1.165, 1.54) is 16.4 Å². The molecule has 0 aliphatic rings. The number of nitrogens with one attached hydrogen (secondary N) is 1. The van der Waals surface area contributed by atoms with E-state index in [0.29, 0.717) is 28.4 Å². The number of thioether (sulfide) groups is 1. The number of allylic oxidation sites excluding steroid dienone is 1. The number of rotatable bonds is 7. The number of Topliss-reactive ketones (excluding diaryl/α,β-unsaturated/α-hetero) is 1. The Bertz CT molecular complexity index is 1130. The summed E-state index contributed by atoms with van der Waals surface area (Å²) in [5.41, 5.74) is 4.75. The molecule has 0 radical (unpaired) electrons. The fraction of sp³-hybridized carbons (Fsp3) is 0.250. The summed E-state index contributed by atoms with van der Waals surface area (Å²) >= 11 is 1.30. The van der Waals surface area contributed by atoms with Crippen molar-refractivity contribution < 1.29 is 4.79 Å². The Kier molecular flexibility index (Phi) is 7.07. The largest absolute Gasteiger partial charge is 0.296 e. The van der Waals surface area contributed by atoms with Crippen molar-refractivity contribution in [1.29, 1.82) is 0 Å². The van der Waals surface area contributed by atoms with Gasteiger partial charge in [0.1, 0.15) is 5.69 Å². The Morgan fingerprint density at radius 2 is 1.65 bits per heavy atom. The Balaban J connectivity index is 2.03. The van der Waals surface area contributed by atoms with Gasteiger partial charge in [0.05, 0.1) is 0 Å². The molecule has 0 atom stereocenters. The molecule has 3 aromatic rings. The van der Waals surface area contributed by atoms with Gasteiger partial charge in [0, 0.05) is 29.2 Å². The zero-order chi connectivity index (χ0) is 22.4. The third kappa shape index (κ3) is 5.49. The smallest absolute Gasteiger partial charge is 0.295 e. The highest BCUT2D eigenvalue weighted by Crippen LogP contribution is 2.18. The van der Waals surface area contributed by atoms with Crippen molar-refractivity contribution in [2.24, 2.45) is 0 Å². The molecule has 3 rings (SSSR count). The summed E-state index contributed by atoms with van der Waals surface area (Å²) in [6, 6.07) is 18.9. The van der Waals surface area contributed by atoms with E-state index in [9.17, 15) is 9.59 Å². The maximum Gasteiger partial charge on any atom is 0.295 e. The van der Waals surface area contributed by atoms with E-state index in [1.54, 1.807) is 18.3 Å². The zero-order valence-electron chi connectivity index (χ0n) is 18.1. The van der Waals surface area contributed by atoms with Crippen LogP contribution < -0.4 is 11.0 Å². The lowest BCUT2D eigenvalue weighted by molar-refractivity contribution is 0.103. The Hall–Kier alpha value is -3.19. The first-order chi connectivity index (χ1) is 14.8. The zero-order valence-corrected chi connectivity index (χ0v) is 18.9. The van der Waals surface area contributed by atoms with Crippen molar-refractivity contribution >= 4 is 17.5 Å². The molecule has 0 fully saturated rings. The Morgan fingerprint density at radius 1 is 1.03 bits per heavy atom. The third-order valence-electron chi connectivity index (χ3n) is 4.66. The van der Waals surface area contributed by atoms with Crippen LogP contribution in [-0.2, 0) is 11.8 Å². The summed E-state index contributed by atoms with van der Waals surface area (Å²) in [7, 11) is 0. The van der Waals surface area contributed by atoms with Gasteiger partial charge >= 0.3 is 0 Å². The van der Waals surface area contributed by atoms with Crippen LogP contribution in [0.15, 0.2) is 82.4 Å². The van der Waals surface area contributed by atoms with E-state index < -0.39 is 5.41 Å². The van der Waals surface area contributed by atoms with E-state index in [0.717, 1.165) is 5.56 Å². The number of carbonyl (C=O) groups excluding carboxylic acids is 1. The van der Waals surface area contributed by atoms with Gasteiger partial charge < -0.3 is 0 Å². The van der Waals surface area contributed by atoms with Crippen LogP contribution in [0.4, 0.5) is 0 Å². The molecule has 0 bridgehead atoms. The van der Waals surface area contributed by atoms with E-state index >= 15 is 0 Å². The molecule has 0 aliphatic carbocycles. The van der Waals surface area contributed by atoms with Gasteiger partial charge in [-0.15, -0.1) is 10.2 Å². The van der Waals surface area contributed by atoms with Gasteiger partial charge in [0.25, 0.3) is 5.56 Å². The van der Waals surface area contributed by atoms with Crippen LogP contribution in [0.2, 0.25) is 0 Å². The second kappa shape index (κ2) is 9.75. The van der Waals surface area contributed by atoms with Crippen LogP contribution in [0, 0.1) is 0 Å². The summed E-state index contributed by atoms with van der Waals surface area (Å²) in [5.74, 6) is -0.103. The van der Waals surface area contributed by atoms with Crippen molar-refractivity contribution in [1.82, 2.24) is 14.9 Å². The van der Waals surface area contributed by atoms with Crippen molar-refractivity contribution in [3.8, 4) is 0 Å². The number of ketones is 1. The predicted molar refractivity (Wildman–Crippen MR) is 125 cm³/mol. The van der Waals surface area contributed by atoms with Gasteiger partial charge in [0.2, 0.25) is 5.16 Å². The minimum atomic E-state index is -0.457. The molecule has 2 aromatic carbocycles. The van der Waals surface area contributed by atoms with Crippen LogP contribution in [0.25, 0.3) is 0 Å². The fourth-order valence-electron chi connectivity index (χ4n) is 3.02. The monoisotopic (exact) mass is 434 g/mol. The minimum absolute atomic E-state index is 0.103. The SMILES string of the molecule is CSc1nnc(C(C)(C)C)c(=O)n1NC=C(Cc1ccccc1)C(=O)c1ccccc1. The molecule has 0 unspecified atom stereocenters.